The third kappa shape index (κ3) is 1.53. The second kappa shape index (κ2) is 3.42. The zero-order chi connectivity index (χ0) is 10.8. The molecular formula is C10H9N5. The molecule has 2 aromatic heterocycles. The Morgan fingerprint density at radius 2 is 2.20 bits per heavy atom. The maximum atomic E-state index is 8.71. The largest absolute Gasteiger partial charge is 0.383 e. The molecule has 5 heteroatoms. The molecule has 0 atom stereocenters. The molecule has 0 amide bonds. The number of anilines is 1. The highest BCUT2D eigenvalue weighted by Crippen LogP contribution is 2.18. The number of pyridine rings is 1. The fraction of sp³-hybridized carbons (Fsp3) is 0.100. The van der Waals surface area contributed by atoms with Crippen LogP contribution in [0, 0.1) is 11.3 Å². The molecule has 2 N–H and O–H groups in total. The summed E-state index contributed by atoms with van der Waals surface area (Å²) in [6, 6.07) is 7.23. The number of hydrogen-bond acceptors (Lipinski definition) is 4. The topological polar surface area (TPSA) is 80.5 Å². The molecule has 0 saturated heterocycles. The normalized spacial score (nSPS) is 9.87. The lowest BCUT2D eigenvalue weighted by molar-refractivity contribution is 0.773. The molecule has 0 aliphatic carbocycles. The van der Waals surface area contributed by atoms with E-state index in [2.05, 4.69) is 10.1 Å². The van der Waals surface area contributed by atoms with E-state index < -0.39 is 0 Å². The first-order chi connectivity index (χ1) is 7.22. The predicted octanol–water partition coefficient (Wildman–Crippen LogP) is 0.936. The Balaban J connectivity index is 2.53. The molecule has 0 fully saturated rings. The fourth-order valence-corrected chi connectivity index (χ4v) is 1.34. The molecule has 0 aliphatic heterocycles. The van der Waals surface area contributed by atoms with E-state index in [-0.39, 0.29) is 5.82 Å². The number of nitrogens with two attached hydrogens (primary N) is 1. The Hall–Kier alpha value is -2.35. The van der Waals surface area contributed by atoms with Gasteiger partial charge in [0.25, 0.3) is 0 Å². The lowest BCUT2D eigenvalue weighted by Gasteiger charge is -2.02. The number of rotatable bonds is 1. The maximum Gasteiger partial charge on any atom is 0.142 e. The summed E-state index contributed by atoms with van der Waals surface area (Å²) in [5.74, 6) is 0.246. The molecule has 15 heavy (non-hydrogen) atoms. The lowest BCUT2D eigenvalue weighted by Crippen LogP contribution is -1.99. The summed E-state index contributed by atoms with van der Waals surface area (Å²) in [6.45, 7) is 0. The van der Waals surface area contributed by atoms with E-state index in [1.54, 1.807) is 23.0 Å². The highest BCUT2D eigenvalue weighted by atomic mass is 15.3. The highest BCUT2D eigenvalue weighted by molar-refractivity contribution is 5.60. The quantitative estimate of drug-likeness (QED) is 0.741. The van der Waals surface area contributed by atoms with E-state index in [0.29, 0.717) is 11.3 Å². The van der Waals surface area contributed by atoms with Crippen LogP contribution in [0.25, 0.3) is 11.4 Å². The smallest absolute Gasteiger partial charge is 0.142 e. The average molecular weight is 199 g/mol. The monoisotopic (exact) mass is 199 g/mol. The minimum atomic E-state index is 0.246. The molecule has 0 bridgehead atoms. The minimum Gasteiger partial charge on any atom is -0.383 e. The van der Waals surface area contributed by atoms with Gasteiger partial charge in [-0.2, -0.15) is 10.4 Å². The van der Waals surface area contributed by atoms with Crippen LogP contribution in [0.15, 0.2) is 24.4 Å². The van der Waals surface area contributed by atoms with Crippen molar-refractivity contribution >= 4 is 5.82 Å². The van der Waals surface area contributed by atoms with Gasteiger partial charge < -0.3 is 5.73 Å². The number of aryl methyl sites for hydroxylation is 1. The van der Waals surface area contributed by atoms with E-state index in [0.717, 1.165) is 5.69 Å². The minimum absolute atomic E-state index is 0.246. The molecule has 0 aliphatic rings. The van der Waals surface area contributed by atoms with Gasteiger partial charge in [0.2, 0.25) is 0 Å². The van der Waals surface area contributed by atoms with Gasteiger partial charge in [-0.05, 0) is 18.2 Å². The fourth-order valence-electron chi connectivity index (χ4n) is 1.34. The third-order valence-electron chi connectivity index (χ3n) is 2.13. The van der Waals surface area contributed by atoms with Crippen LogP contribution in [-0.2, 0) is 7.05 Å². The van der Waals surface area contributed by atoms with E-state index in [4.69, 9.17) is 11.0 Å². The van der Waals surface area contributed by atoms with Crippen LogP contribution in [0.4, 0.5) is 5.82 Å². The van der Waals surface area contributed by atoms with Crippen molar-refractivity contribution in [3.8, 4) is 17.5 Å². The zero-order valence-electron chi connectivity index (χ0n) is 8.18. The van der Waals surface area contributed by atoms with Crippen molar-refractivity contribution in [2.45, 2.75) is 0 Å². The van der Waals surface area contributed by atoms with Gasteiger partial charge in [-0.1, -0.05) is 0 Å². The second-order valence-corrected chi connectivity index (χ2v) is 3.08. The van der Waals surface area contributed by atoms with E-state index in [1.807, 2.05) is 19.2 Å². The van der Waals surface area contributed by atoms with Crippen LogP contribution in [0.5, 0.6) is 0 Å². The Bertz CT molecular complexity index is 535. The van der Waals surface area contributed by atoms with Gasteiger partial charge in [-0.15, -0.1) is 0 Å². The summed E-state index contributed by atoms with van der Waals surface area (Å²) in [6.07, 6.45) is 1.69. The molecule has 0 aromatic carbocycles. The summed E-state index contributed by atoms with van der Waals surface area (Å²) in [5, 5.41) is 12.7. The summed E-state index contributed by atoms with van der Waals surface area (Å²) in [4.78, 5) is 4.14. The molecule has 0 unspecified atom stereocenters. The Labute approximate surface area is 86.8 Å². The van der Waals surface area contributed by atoms with E-state index >= 15 is 0 Å². The SMILES string of the molecule is Cn1nccc1-c1ccc(C#N)c(N)n1. The number of hydrogen-bond donors (Lipinski definition) is 1. The first kappa shape index (κ1) is 9.21. The van der Waals surface area contributed by atoms with Gasteiger partial charge in [0, 0.05) is 13.2 Å². The van der Waals surface area contributed by atoms with Crippen molar-refractivity contribution in [3.05, 3.63) is 30.0 Å². The Morgan fingerprint density at radius 1 is 1.40 bits per heavy atom. The molecular weight excluding hydrogens is 190 g/mol. The molecule has 2 rings (SSSR count). The van der Waals surface area contributed by atoms with Crippen molar-refractivity contribution < 1.29 is 0 Å². The lowest BCUT2D eigenvalue weighted by atomic mass is 10.2. The van der Waals surface area contributed by atoms with Crippen LogP contribution in [0.3, 0.4) is 0 Å². The summed E-state index contributed by atoms with van der Waals surface area (Å²) in [7, 11) is 1.82. The van der Waals surface area contributed by atoms with Gasteiger partial charge in [0.1, 0.15) is 11.9 Å². The second-order valence-electron chi connectivity index (χ2n) is 3.08. The number of nitrogens with zero attached hydrogens (tertiary/aromatic N) is 4. The van der Waals surface area contributed by atoms with Crippen LogP contribution in [0.1, 0.15) is 5.56 Å². The van der Waals surface area contributed by atoms with Crippen LogP contribution < -0.4 is 5.73 Å². The predicted molar refractivity (Wildman–Crippen MR) is 55.6 cm³/mol. The molecule has 0 radical (unpaired) electrons. The standard InChI is InChI=1S/C10H9N5/c1-15-9(4-5-13-15)8-3-2-7(6-11)10(12)14-8/h2-5H,1H3,(H2,12,14). The van der Waals surface area contributed by atoms with Gasteiger partial charge in [0.15, 0.2) is 0 Å². The molecule has 5 nitrogen and oxygen atoms in total. The summed E-state index contributed by atoms with van der Waals surface area (Å²) in [5.41, 5.74) is 7.60. The van der Waals surface area contributed by atoms with E-state index in [9.17, 15) is 0 Å². The summed E-state index contributed by atoms with van der Waals surface area (Å²) < 4.78 is 1.70. The van der Waals surface area contributed by atoms with Gasteiger partial charge >= 0.3 is 0 Å². The number of aromatic nitrogens is 3. The van der Waals surface area contributed by atoms with Crippen molar-refractivity contribution in [2.75, 3.05) is 5.73 Å². The maximum absolute atomic E-state index is 8.71. The van der Waals surface area contributed by atoms with E-state index in [1.165, 1.54) is 0 Å². The molecule has 74 valence electrons. The first-order valence-electron chi connectivity index (χ1n) is 4.37. The molecule has 2 aromatic rings. The molecule has 2 heterocycles. The average Bonchev–Trinajstić information content (AvgIpc) is 2.64. The third-order valence-corrected chi connectivity index (χ3v) is 2.13. The van der Waals surface area contributed by atoms with Crippen molar-refractivity contribution in [3.63, 3.8) is 0 Å². The van der Waals surface area contributed by atoms with Crippen molar-refractivity contribution in [1.82, 2.24) is 14.8 Å². The number of nitrogen functional groups attached to an aromatic ring is 1. The first-order valence-corrected chi connectivity index (χ1v) is 4.37. The zero-order valence-corrected chi connectivity index (χ0v) is 8.18. The molecule has 0 spiro atoms. The van der Waals surface area contributed by atoms with Crippen molar-refractivity contribution in [1.29, 1.82) is 5.26 Å². The Morgan fingerprint density at radius 3 is 2.73 bits per heavy atom. The highest BCUT2D eigenvalue weighted by Gasteiger charge is 2.06. The van der Waals surface area contributed by atoms with Crippen LogP contribution >= 0.6 is 0 Å². The number of nitriles is 1. The van der Waals surface area contributed by atoms with Crippen molar-refractivity contribution in [2.24, 2.45) is 7.05 Å². The molecule has 0 saturated carbocycles. The van der Waals surface area contributed by atoms with Crippen LogP contribution in [-0.4, -0.2) is 14.8 Å². The Kier molecular flexibility index (Phi) is 2.10. The van der Waals surface area contributed by atoms with Gasteiger partial charge in [-0.3, -0.25) is 4.68 Å². The van der Waals surface area contributed by atoms with Gasteiger partial charge in [0.05, 0.1) is 17.0 Å². The summed E-state index contributed by atoms with van der Waals surface area (Å²) >= 11 is 0. The van der Waals surface area contributed by atoms with Crippen LogP contribution in [0.2, 0.25) is 0 Å². The van der Waals surface area contributed by atoms with Gasteiger partial charge in [-0.25, -0.2) is 4.98 Å².